The normalized spacial score (nSPS) is 18.3. The van der Waals surface area contributed by atoms with E-state index >= 15 is 0 Å². The van der Waals surface area contributed by atoms with E-state index in [0.29, 0.717) is 11.3 Å². The van der Waals surface area contributed by atoms with Crippen LogP contribution in [0.5, 0.6) is 0 Å². The first kappa shape index (κ1) is 18.6. The summed E-state index contributed by atoms with van der Waals surface area (Å²) in [6.45, 7) is 3.91. The highest BCUT2D eigenvalue weighted by atomic mass is 16.3. The van der Waals surface area contributed by atoms with Gasteiger partial charge in [-0.2, -0.15) is 0 Å². The van der Waals surface area contributed by atoms with Crippen LogP contribution < -0.4 is 4.90 Å². The first-order valence-corrected chi connectivity index (χ1v) is 9.32. The van der Waals surface area contributed by atoms with Gasteiger partial charge in [0.05, 0.1) is 23.5 Å². The molecule has 1 N–H and O–H groups in total. The van der Waals surface area contributed by atoms with Crippen molar-refractivity contribution in [2.24, 2.45) is 0 Å². The number of rotatable bonds is 3. The molecule has 0 saturated carbocycles. The van der Waals surface area contributed by atoms with Gasteiger partial charge in [-0.1, -0.05) is 59.7 Å². The molecule has 0 spiro atoms. The Morgan fingerprint density at radius 3 is 2.14 bits per heavy atom. The molecule has 5 heteroatoms. The van der Waals surface area contributed by atoms with E-state index in [1.165, 1.54) is 11.1 Å². The third kappa shape index (κ3) is 3.31. The molecule has 2 heterocycles. The highest BCUT2D eigenvalue weighted by molar-refractivity contribution is 6.51. The number of pyridine rings is 1. The van der Waals surface area contributed by atoms with Crippen LogP contribution in [0.3, 0.4) is 0 Å². The lowest BCUT2D eigenvalue weighted by molar-refractivity contribution is -0.132. The van der Waals surface area contributed by atoms with Crippen molar-refractivity contribution in [3.63, 3.8) is 0 Å². The summed E-state index contributed by atoms with van der Waals surface area (Å²) in [5.74, 6) is -1.57. The fourth-order valence-electron chi connectivity index (χ4n) is 3.53. The van der Waals surface area contributed by atoms with Crippen LogP contribution in [-0.2, 0) is 9.59 Å². The number of aliphatic hydroxyl groups is 1. The lowest BCUT2D eigenvalue weighted by Crippen LogP contribution is -2.29. The van der Waals surface area contributed by atoms with Crippen molar-refractivity contribution < 1.29 is 14.7 Å². The zero-order chi connectivity index (χ0) is 20.5. The van der Waals surface area contributed by atoms with Gasteiger partial charge in [-0.15, -0.1) is 0 Å². The van der Waals surface area contributed by atoms with Gasteiger partial charge < -0.3 is 5.11 Å². The van der Waals surface area contributed by atoms with E-state index in [9.17, 15) is 14.7 Å². The van der Waals surface area contributed by atoms with Gasteiger partial charge in [0.15, 0.2) is 0 Å². The lowest BCUT2D eigenvalue weighted by atomic mass is 9.94. The molecule has 0 bridgehead atoms. The van der Waals surface area contributed by atoms with Crippen LogP contribution in [0.2, 0.25) is 0 Å². The Morgan fingerprint density at radius 1 is 0.931 bits per heavy atom. The minimum Gasteiger partial charge on any atom is -0.507 e. The first-order valence-electron chi connectivity index (χ1n) is 9.32. The van der Waals surface area contributed by atoms with E-state index in [1.807, 2.05) is 50.2 Å². The summed E-state index contributed by atoms with van der Waals surface area (Å²) in [5.41, 5.74) is 3.91. The molecule has 29 heavy (non-hydrogen) atoms. The molecule has 0 aliphatic carbocycles. The highest BCUT2D eigenvalue weighted by Gasteiger charge is 2.47. The molecular formula is C24H20N2O3. The van der Waals surface area contributed by atoms with Gasteiger partial charge in [0, 0.05) is 11.8 Å². The Morgan fingerprint density at radius 2 is 1.55 bits per heavy atom. The van der Waals surface area contributed by atoms with Crippen LogP contribution in [0.25, 0.3) is 5.76 Å². The lowest BCUT2D eigenvalue weighted by Gasteiger charge is -2.25. The van der Waals surface area contributed by atoms with Crippen molar-refractivity contribution in [1.82, 2.24) is 4.98 Å². The number of carbonyl (C=O) groups excluding carboxylic acids is 2. The summed E-state index contributed by atoms with van der Waals surface area (Å²) in [6.07, 6.45) is 3.14. The van der Waals surface area contributed by atoms with Crippen LogP contribution in [-0.4, -0.2) is 21.8 Å². The van der Waals surface area contributed by atoms with Gasteiger partial charge in [0.1, 0.15) is 5.76 Å². The largest absolute Gasteiger partial charge is 0.507 e. The number of benzene rings is 2. The average molecular weight is 384 g/mol. The quantitative estimate of drug-likeness (QED) is 0.415. The molecular weight excluding hydrogens is 364 g/mol. The summed E-state index contributed by atoms with van der Waals surface area (Å²) in [5, 5.41) is 11.0. The van der Waals surface area contributed by atoms with Crippen LogP contribution >= 0.6 is 0 Å². The highest BCUT2D eigenvalue weighted by Crippen LogP contribution is 2.41. The molecule has 1 atom stereocenters. The second kappa shape index (κ2) is 7.36. The molecule has 1 aromatic heterocycles. The molecule has 0 radical (unpaired) electrons. The number of carbonyl (C=O) groups is 2. The number of amides is 1. The fraction of sp³-hybridized carbons (Fsp3) is 0.125. The minimum atomic E-state index is -0.735. The van der Waals surface area contributed by atoms with Crippen LogP contribution in [0.4, 0.5) is 5.69 Å². The standard InChI is InChI=1S/C24H20N2O3/c1-15-5-9-17(10-6-15)21-20(22(27)18-11-7-16(2)8-12-18)23(28)24(29)26(21)19-4-3-13-25-14-19/h3-14,21,27H,1-2H3/b22-20-. The third-order valence-corrected chi connectivity index (χ3v) is 5.09. The van der Waals surface area contributed by atoms with Crippen molar-refractivity contribution in [1.29, 1.82) is 0 Å². The van der Waals surface area contributed by atoms with Crippen LogP contribution in [0.15, 0.2) is 78.6 Å². The van der Waals surface area contributed by atoms with Gasteiger partial charge in [0.2, 0.25) is 0 Å². The summed E-state index contributed by atoms with van der Waals surface area (Å²) >= 11 is 0. The zero-order valence-corrected chi connectivity index (χ0v) is 16.2. The Bertz CT molecular complexity index is 1100. The Hall–Kier alpha value is -3.73. The van der Waals surface area contributed by atoms with Crippen molar-refractivity contribution in [2.45, 2.75) is 19.9 Å². The van der Waals surface area contributed by atoms with Gasteiger partial charge in [-0.25, -0.2) is 0 Å². The van der Waals surface area contributed by atoms with Crippen molar-refractivity contribution >= 4 is 23.1 Å². The maximum atomic E-state index is 13.0. The Balaban J connectivity index is 1.94. The number of ketones is 1. The molecule has 1 fully saturated rings. The van der Waals surface area contributed by atoms with E-state index in [2.05, 4.69) is 4.98 Å². The fourth-order valence-corrected chi connectivity index (χ4v) is 3.53. The Kier molecular flexibility index (Phi) is 4.72. The van der Waals surface area contributed by atoms with Gasteiger partial charge in [-0.3, -0.25) is 19.5 Å². The summed E-state index contributed by atoms with van der Waals surface area (Å²) in [4.78, 5) is 31.4. The summed E-state index contributed by atoms with van der Waals surface area (Å²) in [6, 6.07) is 17.5. The monoisotopic (exact) mass is 384 g/mol. The number of nitrogens with zero attached hydrogens (tertiary/aromatic N) is 2. The molecule has 1 unspecified atom stereocenters. The van der Waals surface area contributed by atoms with E-state index in [4.69, 9.17) is 0 Å². The van der Waals surface area contributed by atoms with E-state index < -0.39 is 17.7 Å². The molecule has 144 valence electrons. The maximum absolute atomic E-state index is 13.0. The van der Waals surface area contributed by atoms with E-state index in [-0.39, 0.29) is 11.3 Å². The number of hydrogen-bond donors (Lipinski definition) is 1. The molecule has 3 aromatic rings. The molecule has 1 amide bonds. The topological polar surface area (TPSA) is 70.5 Å². The van der Waals surface area contributed by atoms with E-state index in [1.54, 1.807) is 30.5 Å². The van der Waals surface area contributed by atoms with E-state index in [0.717, 1.165) is 16.7 Å². The SMILES string of the molecule is Cc1ccc(/C(O)=C2/C(=O)C(=O)N(c3cccnc3)C2c2ccc(C)cc2)cc1. The van der Waals surface area contributed by atoms with Crippen molar-refractivity contribution in [3.05, 3.63) is 101 Å². The van der Waals surface area contributed by atoms with Gasteiger partial charge in [-0.05, 0) is 31.5 Å². The second-order valence-corrected chi connectivity index (χ2v) is 7.16. The van der Waals surface area contributed by atoms with Gasteiger partial charge in [0.25, 0.3) is 11.7 Å². The maximum Gasteiger partial charge on any atom is 0.300 e. The number of aryl methyl sites for hydroxylation is 2. The number of hydrogen-bond acceptors (Lipinski definition) is 4. The summed E-state index contributed by atoms with van der Waals surface area (Å²) < 4.78 is 0. The first-order chi connectivity index (χ1) is 14.0. The van der Waals surface area contributed by atoms with Crippen molar-refractivity contribution in [2.75, 3.05) is 4.90 Å². The smallest absolute Gasteiger partial charge is 0.300 e. The Labute approximate surface area is 169 Å². The van der Waals surface area contributed by atoms with Gasteiger partial charge >= 0.3 is 0 Å². The van der Waals surface area contributed by atoms with Crippen LogP contribution in [0, 0.1) is 13.8 Å². The minimum absolute atomic E-state index is 0.0755. The molecule has 2 aromatic carbocycles. The zero-order valence-electron chi connectivity index (χ0n) is 16.2. The molecule has 4 rings (SSSR count). The number of Topliss-reactive ketones (excluding diaryl/α,β-unsaturated/α-hetero) is 1. The molecule has 1 aliphatic heterocycles. The number of aliphatic hydroxyl groups excluding tert-OH is 1. The number of anilines is 1. The van der Waals surface area contributed by atoms with Crippen molar-refractivity contribution in [3.8, 4) is 0 Å². The molecule has 1 aliphatic rings. The predicted octanol–water partition coefficient (Wildman–Crippen LogP) is 4.32. The predicted molar refractivity (Wildman–Crippen MR) is 111 cm³/mol. The van der Waals surface area contributed by atoms with Crippen LogP contribution in [0.1, 0.15) is 28.3 Å². The number of aromatic nitrogens is 1. The summed E-state index contributed by atoms with van der Waals surface area (Å²) in [7, 11) is 0. The average Bonchev–Trinajstić information content (AvgIpc) is 3.00. The second-order valence-electron chi connectivity index (χ2n) is 7.16. The molecule has 1 saturated heterocycles. The molecule has 5 nitrogen and oxygen atoms in total. The third-order valence-electron chi connectivity index (χ3n) is 5.09.